The van der Waals surface area contributed by atoms with Crippen molar-refractivity contribution < 1.29 is 0 Å². The molecule has 1 aromatic heterocycles. The molecule has 3 rings (SSSR count). The van der Waals surface area contributed by atoms with E-state index in [2.05, 4.69) is 16.5 Å². The van der Waals surface area contributed by atoms with Gasteiger partial charge in [-0.15, -0.1) is 11.6 Å². The van der Waals surface area contributed by atoms with Crippen LogP contribution in [0, 0.1) is 5.92 Å². The van der Waals surface area contributed by atoms with E-state index < -0.39 is 0 Å². The molecular formula is C13H14Cl2N2. The van der Waals surface area contributed by atoms with Gasteiger partial charge in [-0.25, -0.2) is 4.98 Å². The van der Waals surface area contributed by atoms with Gasteiger partial charge in [-0.2, -0.15) is 0 Å². The van der Waals surface area contributed by atoms with Gasteiger partial charge in [0.05, 0.1) is 21.9 Å². The maximum atomic E-state index is 6.30. The Balaban J connectivity index is 2.24. The number of rotatable bonds is 3. The predicted octanol–water partition coefficient (Wildman–Crippen LogP) is 4.40. The largest absolute Gasteiger partial charge is 0.323 e. The lowest BCUT2D eigenvalue weighted by molar-refractivity contribution is 0.486. The molecule has 1 fully saturated rings. The Kier molecular flexibility index (Phi) is 2.80. The molecule has 90 valence electrons. The Morgan fingerprint density at radius 2 is 2.24 bits per heavy atom. The zero-order valence-electron chi connectivity index (χ0n) is 9.66. The Morgan fingerprint density at radius 1 is 1.47 bits per heavy atom. The third kappa shape index (κ3) is 1.84. The topological polar surface area (TPSA) is 17.8 Å². The van der Waals surface area contributed by atoms with Crippen molar-refractivity contribution in [3.63, 3.8) is 0 Å². The third-order valence-electron chi connectivity index (χ3n) is 3.57. The summed E-state index contributed by atoms with van der Waals surface area (Å²) >= 11 is 12.3. The molecule has 1 aromatic carbocycles. The fraction of sp³-hybridized carbons (Fsp3) is 0.462. The average Bonchev–Trinajstić information content (AvgIpc) is 3.09. The Morgan fingerprint density at radius 3 is 2.88 bits per heavy atom. The van der Waals surface area contributed by atoms with Crippen molar-refractivity contribution in [1.29, 1.82) is 0 Å². The van der Waals surface area contributed by atoms with Gasteiger partial charge in [-0.05, 0) is 37.8 Å². The van der Waals surface area contributed by atoms with Crippen LogP contribution in [0.4, 0.5) is 0 Å². The highest BCUT2D eigenvalue weighted by Crippen LogP contribution is 2.42. The monoisotopic (exact) mass is 268 g/mol. The van der Waals surface area contributed by atoms with Gasteiger partial charge < -0.3 is 4.57 Å². The molecule has 1 unspecified atom stereocenters. The molecule has 0 saturated heterocycles. The molecule has 0 amide bonds. The first-order valence-corrected chi connectivity index (χ1v) is 6.85. The van der Waals surface area contributed by atoms with E-state index in [-0.39, 0.29) is 0 Å². The Labute approximate surface area is 111 Å². The smallest absolute Gasteiger partial charge is 0.125 e. The molecule has 1 saturated carbocycles. The molecule has 1 aliphatic rings. The number of aromatic nitrogens is 2. The van der Waals surface area contributed by atoms with E-state index in [1.165, 1.54) is 12.8 Å². The van der Waals surface area contributed by atoms with E-state index in [0.29, 0.717) is 11.9 Å². The van der Waals surface area contributed by atoms with Crippen molar-refractivity contribution in [2.45, 2.75) is 31.7 Å². The van der Waals surface area contributed by atoms with Crippen LogP contribution in [0.1, 0.15) is 31.6 Å². The van der Waals surface area contributed by atoms with E-state index >= 15 is 0 Å². The van der Waals surface area contributed by atoms with Crippen LogP contribution in [0.3, 0.4) is 0 Å². The molecule has 17 heavy (non-hydrogen) atoms. The number of benzene rings is 1. The molecule has 1 atom stereocenters. The number of fused-ring (bicyclic) bond motifs is 1. The summed E-state index contributed by atoms with van der Waals surface area (Å²) in [6, 6.07) is 6.28. The van der Waals surface area contributed by atoms with Crippen LogP contribution >= 0.6 is 23.2 Å². The number of halogens is 2. The van der Waals surface area contributed by atoms with Crippen LogP contribution in [-0.2, 0) is 5.88 Å². The number of hydrogen-bond donors (Lipinski definition) is 0. The maximum Gasteiger partial charge on any atom is 0.125 e. The van der Waals surface area contributed by atoms with Gasteiger partial charge in [-0.3, -0.25) is 0 Å². The highest BCUT2D eigenvalue weighted by atomic mass is 35.5. The summed E-state index contributed by atoms with van der Waals surface area (Å²) in [7, 11) is 0. The predicted molar refractivity (Wildman–Crippen MR) is 71.7 cm³/mol. The van der Waals surface area contributed by atoms with Gasteiger partial charge in [0.1, 0.15) is 5.82 Å². The maximum absolute atomic E-state index is 6.30. The highest BCUT2D eigenvalue weighted by Gasteiger charge is 2.31. The van der Waals surface area contributed by atoms with E-state index in [1.807, 2.05) is 18.2 Å². The van der Waals surface area contributed by atoms with Crippen LogP contribution in [0.25, 0.3) is 11.0 Å². The van der Waals surface area contributed by atoms with Crippen molar-refractivity contribution in [1.82, 2.24) is 9.55 Å². The molecule has 0 aliphatic heterocycles. The molecule has 0 radical (unpaired) electrons. The van der Waals surface area contributed by atoms with Crippen LogP contribution in [0.15, 0.2) is 18.2 Å². The first-order valence-electron chi connectivity index (χ1n) is 5.93. The molecule has 2 nitrogen and oxygen atoms in total. The summed E-state index contributed by atoms with van der Waals surface area (Å²) in [5.74, 6) is 2.11. The van der Waals surface area contributed by atoms with Crippen molar-refractivity contribution in [2.24, 2.45) is 5.92 Å². The third-order valence-corrected chi connectivity index (χ3v) is 4.11. The highest BCUT2D eigenvalue weighted by molar-refractivity contribution is 6.35. The number of para-hydroxylation sites is 1. The number of nitrogens with zero attached hydrogens (tertiary/aromatic N) is 2. The lowest BCUT2D eigenvalue weighted by Gasteiger charge is -2.16. The molecular weight excluding hydrogens is 255 g/mol. The van der Waals surface area contributed by atoms with Gasteiger partial charge in [0.15, 0.2) is 0 Å². The minimum atomic E-state index is 0.433. The Hall–Kier alpha value is -0.730. The second-order valence-corrected chi connectivity index (χ2v) is 5.39. The van der Waals surface area contributed by atoms with Crippen LogP contribution in [-0.4, -0.2) is 9.55 Å². The quantitative estimate of drug-likeness (QED) is 0.755. The van der Waals surface area contributed by atoms with Crippen molar-refractivity contribution in [2.75, 3.05) is 0 Å². The van der Waals surface area contributed by atoms with Gasteiger partial charge in [0, 0.05) is 6.04 Å². The number of hydrogen-bond acceptors (Lipinski definition) is 1. The zero-order chi connectivity index (χ0) is 12.0. The molecule has 0 N–H and O–H groups in total. The fourth-order valence-corrected chi connectivity index (χ4v) is 2.93. The summed E-state index contributed by atoms with van der Waals surface area (Å²) in [5, 5.41) is 0.763. The van der Waals surface area contributed by atoms with Crippen LogP contribution in [0.5, 0.6) is 0 Å². The number of alkyl halides is 1. The van der Waals surface area contributed by atoms with Gasteiger partial charge in [0.2, 0.25) is 0 Å². The first kappa shape index (κ1) is 11.4. The first-order chi connectivity index (χ1) is 8.22. The molecule has 1 aliphatic carbocycles. The van der Waals surface area contributed by atoms with Gasteiger partial charge in [-0.1, -0.05) is 17.7 Å². The van der Waals surface area contributed by atoms with E-state index in [4.69, 9.17) is 23.2 Å². The SMILES string of the molecule is CC(C1CC1)n1c(CCl)nc2cccc(Cl)c21. The molecule has 0 spiro atoms. The molecule has 2 aromatic rings. The second kappa shape index (κ2) is 4.18. The fourth-order valence-electron chi connectivity index (χ4n) is 2.48. The normalized spacial score (nSPS) is 17.6. The Bertz CT molecular complexity index is 558. The lowest BCUT2D eigenvalue weighted by atomic mass is 10.2. The summed E-state index contributed by atoms with van der Waals surface area (Å²) in [4.78, 5) is 4.57. The summed E-state index contributed by atoms with van der Waals surface area (Å²) < 4.78 is 2.22. The van der Waals surface area contributed by atoms with Crippen LogP contribution < -0.4 is 0 Å². The number of imidazole rings is 1. The summed E-state index contributed by atoms with van der Waals surface area (Å²) in [6.45, 7) is 2.23. The minimum Gasteiger partial charge on any atom is -0.323 e. The minimum absolute atomic E-state index is 0.433. The lowest BCUT2D eigenvalue weighted by Crippen LogP contribution is -2.10. The van der Waals surface area contributed by atoms with Gasteiger partial charge >= 0.3 is 0 Å². The average molecular weight is 269 g/mol. The standard InChI is InChI=1S/C13H14Cl2N2/c1-8(9-5-6-9)17-12(7-14)16-11-4-2-3-10(15)13(11)17/h2-4,8-9H,5-7H2,1H3. The van der Waals surface area contributed by atoms with Crippen molar-refractivity contribution >= 4 is 34.2 Å². The van der Waals surface area contributed by atoms with Crippen molar-refractivity contribution in [3.8, 4) is 0 Å². The molecule has 0 bridgehead atoms. The van der Waals surface area contributed by atoms with Crippen molar-refractivity contribution in [3.05, 3.63) is 29.0 Å². The van der Waals surface area contributed by atoms with E-state index in [0.717, 1.165) is 27.8 Å². The van der Waals surface area contributed by atoms with E-state index in [9.17, 15) is 0 Å². The van der Waals surface area contributed by atoms with Gasteiger partial charge in [0.25, 0.3) is 0 Å². The van der Waals surface area contributed by atoms with Crippen LogP contribution in [0.2, 0.25) is 5.02 Å². The molecule has 4 heteroatoms. The second-order valence-electron chi connectivity index (χ2n) is 4.72. The zero-order valence-corrected chi connectivity index (χ0v) is 11.2. The molecule has 1 heterocycles. The summed E-state index contributed by atoms with van der Waals surface area (Å²) in [6.07, 6.45) is 2.60. The summed E-state index contributed by atoms with van der Waals surface area (Å²) in [5.41, 5.74) is 1.98. The van der Waals surface area contributed by atoms with E-state index in [1.54, 1.807) is 0 Å².